The number of ether oxygens (including phenoxy) is 1. The van der Waals surface area contributed by atoms with E-state index < -0.39 is 0 Å². The number of rotatable bonds is 3. The molecule has 2 N–H and O–H groups in total. The molecule has 3 rings (SSSR count). The molecule has 0 aliphatic carbocycles. The van der Waals surface area contributed by atoms with E-state index in [0.29, 0.717) is 0 Å². The molecule has 0 unspecified atom stereocenters. The quantitative estimate of drug-likeness (QED) is 0.766. The fourth-order valence-electron chi connectivity index (χ4n) is 3.12. The summed E-state index contributed by atoms with van der Waals surface area (Å²) in [7, 11) is 0. The van der Waals surface area contributed by atoms with Gasteiger partial charge in [-0.25, -0.2) is 0 Å². The minimum Gasteiger partial charge on any atom is -0.390 e. The Morgan fingerprint density at radius 3 is 2.86 bits per heavy atom. The second kappa shape index (κ2) is 7.55. The Labute approximate surface area is 135 Å². The van der Waals surface area contributed by atoms with Crippen LogP contribution in [0.3, 0.4) is 0 Å². The maximum Gasteiger partial charge on any atom is 0.104 e. The number of aliphatic hydroxyl groups is 2. The normalized spacial score (nSPS) is 26.8. The van der Waals surface area contributed by atoms with Crippen LogP contribution in [-0.4, -0.2) is 78.2 Å². The Bertz CT molecular complexity index is 545. The molecule has 120 valence electrons. The van der Waals surface area contributed by atoms with Crippen LogP contribution in [0.5, 0.6) is 0 Å². The lowest BCUT2D eigenvalue weighted by molar-refractivity contribution is -0.00617. The smallest absolute Gasteiger partial charge is 0.104 e. The van der Waals surface area contributed by atoms with E-state index in [9.17, 15) is 5.11 Å². The van der Waals surface area contributed by atoms with Crippen LogP contribution in [0.1, 0.15) is 9.75 Å². The van der Waals surface area contributed by atoms with E-state index >= 15 is 0 Å². The zero-order chi connectivity index (χ0) is 15.4. The van der Waals surface area contributed by atoms with Crippen molar-refractivity contribution in [2.45, 2.75) is 18.7 Å². The van der Waals surface area contributed by atoms with Gasteiger partial charge in [-0.2, -0.15) is 0 Å². The van der Waals surface area contributed by atoms with Gasteiger partial charge in [-0.1, -0.05) is 11.8 Å². The molecule has 0 bridgehead atoms. The summed E-state index contributed by atoms with van der Waals surface area (Å²) in [6, 6.07) is 4.30. The number of morpholine rings is 1. The standard InChI is InChI=1S/C16H22N2O3S/c19-7-1-2-13-3-4-14(22-13)10-17-11-15(16(20)12-17)18-5-8-21-9-6-18/h3-4,15-16,19-20H,5-12H2/t15-,16-/m1/s1. The largest absolute Gasteiger partial charge is 0.390 e. The van der Waals surface area contributed by atoms with Crippen molar-refractivity contribution in [1.29, 1.82) is 0 Å². The van der Waals surface area contributed by atoms with Gasteiger partial charge in [0.25, 0.3) is 0 Å². The van der Waals surface area contributed by atoms with Crippen LogP contribution in [0.25, 0.3) is 0 Å². The number of thiophene rings is 1. The summed E-state index contributed by atoms with van der Waals surface area (Å²) in [5, 5.41) is 19.1. The summed E-state index contributed by atoms with van der Waals surface area (Å²) in [6.45, 7) is 5.72. The summed E-state index contributed by atoms with van der Waals surface area (Å²) in [6.07, 6.45) is -0.285. The van der Waals surface area contributed by atoms with Gasteiger partial charge in [0, 0.05) is 43.6 Å². The molecule has 5 nitrogen and oxygen atoms in total. The molecule has 2 atom stereocenters. The monoisotopic (exact) mass is 322 g/mol. The average Bonchev–Trinajstić information content (AvgIpc) is 3.13. The molecule has 2 saturated heterocycles. The topological polar surface area (TPSA) is 56.2 Å². The van der Waals surface area contributed by atoms with E-state index in [4.69, 9.17) is 9.84 Å². The molecule has 0 saturated carbocycles. The number of aliphatic hydroxyl groups excluding tert-OH is 2. The van der Waals surface area contributed by atoms with Crippen molar-refractivity contribution in [3.8, 4) is 11.8 Å². The maximum atomic E-state index is 10.3. The Balaban J connectivity index is 1.56. The van der Waals surface area contributed by atoms with Gasteiger partial charge < -0.3 is 14.9 Å². The van der Waals surface area contributed by atoms with Gasteiger partial charge in [0.15, 0.2) is 0 Å². The van der Waals surface area contributed by atoms with Crippen LogP contribution < -0.4 is 0 Å². The third kappa shape index (κ3) is 3.87. The number of hydrogen-bond acceptors (Lipinski definition) is 6. The second-order valence-electron chi connectivity index (χ2n) is 5.70. The fourth-order valence-corrected chi connectivity index (χ4v) is 4.05. The first kappa shape index (κ1) is 15.9. The van der Waals surface area contributed by atoms with Gasteiger partial charge in [-0.3, -0.25) is 9.80 Å². The third-order valence-electron chi connectivity index (χ3n) is 4.18. The first-order valence-electron chi connectivity index (χ1n) is 7.67. The van der Waals surface area contributed by atoms with Crippen molar-refractivity contribution in [2.75, 3.05) is 46.0 Å². The van der Waals surface area contributed by atoms with E-state index in [1.54, 1.807) is 11.3 Å². The molecule has 6 heteroatoms. The maximum absolute atomic E-state index is 10.3. The zero-order valence-electron chi connectivity index (χ0n) is 12.6. The second-order valence-corrected chi connectivity index (χ2v) is 6.87. The molecule has 0 radical (unpaired) electrons. The number of likely N-dealkylation sites (tertiary alicyclic amines) is 1. The SMILES string of the molecule is OCC#Cc1ccc(CN2C[C@@H](O)[C@H](N3CCOCC3)C2)s1. The molecule has 0 amide bonds. The van der Waals surface area contributed by atoms with Gasteiger partial charge in [-0.15, -0.1) is 11.3 Å². The molecular formula is C16H22N2O3S. The lowest BCUT2D eigenvalue weighted by Crippen LogP contribution is -2.48. The van der Waals surface area contributed by atoms with Crippen LogP contribution in [-0.2, 0) is 11.3 Å². The Hall–Kier alpha value is -0.940. The molecule has 0 aromatic carbocycles. The van der Waals surface area contributed by atoms with Gasteiger partial charge in [-0.05, 0) is 12.1 Å². The molecule has 1 aromatic heterocycles. The highest BCUT2D eigenvalue weighted by Crippen LogP contribution is 2.23. The Morgan fingerprint density at radius 2 is 2.09 bits per heavy atom. The minimum absolute atomic E-state index is 0.104. The van der Waals surface area contributed by atoms with Crippen LogP contribution in [0, 0.1) is 11.8 Å². The van der Waals surface area contributed by atoms with Crippen molar-refractivity contribution >= 4 is 11.3 Å². The van der Waals surface area contributed by atoms with Gasteiger partial charge >= 0.3 is 0 Å². The minimum atomic E-state index is -0.285. The van der Waals surface area contributed by atoms with E-state index in [1.807, 2.05) is 6.07 Å². The van der Waals surface area contributed by atoms with E-state index in [2.05, 4.69) is 27.7 Å². The number of hydrogen-bond donors (Lipinski definition) is 2. The van der Waals surface area contributed by atoms with E-state index in [1.165, 1.54) is 4.88 Å². The Morgan fingerprint density at radius 1 is 1.27 bits per heavy atom. The first-order chi connectivity index (χ1) is 10.8. The van der Waals surface area contributed by atoms with Crippen LogP contribution in [0.4, 0.5) is 0 Å². The lowest BCUT2D eigenvalue weighted by atomic mass is 10.2. The van der Waals surface area contributed by atoms with Gasteiger partial charge in [0.1, 0.15) is 6.61 Å². The van der Waals surface area contributed by atoms with Crippen molar-refractivity contribution in [3.05, 3.63) is 21.9 Å². The summed E-state index contributed by atoms with van der Waals surface area (Å²) >= 11 is 1.66. The molecule has 22 heavy (non-hydrogen) atoms. The van der Waals surface area contributed by atoms with Crippen molar-refractivity contribution in [1.82, 2.24) is 9.80 Å². The average molecular weight is 322 g/mol. The fraction of sp³-hybridized carbons (Fsp3) is 0.625. The number of nitrogens with zero attached hydrogens (tertiary/aromatic N) is 2. The Kier molecular flexibility index (Phi) is 5.47. The molecule has 1 aromatic rings. The highest BCUT2D eigenvalue weighted by molar-refractivity contribution is 7.12. The summed E-state index contributed by atoms with van der Waals surface area (Å²) in [5.74, 6) is 5.61. The van der Waals surface area contributed by atoms with Gasteiger partial charge in [0.05, 0.1) is 24.2 Å². The van der Waals surface area contributed by atoms with Crippen molar-refractivity contribution in [2.24, 2.45) is 0 Å². The predicted molar refractivity (Wildman–Crippen MR) is 85.7 cm³/mol. The molecule has 3 heterocycles. The predicted octanol–water partition coefficient (Wildman–Crippen LogP) is -0.0308. The third-order valence-corrected chi connectivity index (χ3v) is 5.17. The molecular weight excluding hydrogens is 300 g/mol. The highest BCUT2D eigenvalue weighted by atomic mass is 32.1. The summed E-state index contributed by atoms with van der Waals surface area (Å²) in [5.41, 5.74) is 0. The molecule has 0 spiro atoms. The van der Waals surface area contributed by atoms with E-state index in [0.717, 1.165) is 50.8 Å². The molecule has 2 aliphatic heterocycles. The van der Waals surface area contributed by atoms with Crippen LogP contribution >= 0.6 is 11.3 Å². The van der Waals surface area contributed by atoms with Crippen LogP contribution in [0.2, 0.25) is 0 Å². The first-order valence-corrected chi connectivity index (χ1v) is 8.48. The van der Waals surface area contributed by atoms with Gasteiger partial charge in [0.2, 0.25) is 0 Å². The molecule has 2 fully saturated rings. The summed E-state index contributed by atoms with van der Waals surface area (Å²) < 4.78 is 5.39. The number of β-amino-alcohol motifs (C(OH)–C–C–N with tert-alkyl or cyclic N) is 1. The summed E-state index contributed by atoms with van der Waals surface area (Å²) in [4.78, 5) is 6.88. The van der Waals surface area contributed by atoms with Crippen LogP contribution in [0.15, 0.2) is 12.1 Å². The van der Waals surface area contributed by atoms with Crippen molar-refractivity contribution < 1.29 is 14.9 Å². The highest BCUT2D eigenvalue weighted by Gasteiger charge is 2.35. The zero-order valence-corrected chi connectivity index (χ0v) is 13.4. The molecule has 2 aliphatic rings. The van der Waals surface area contributed by atoms with Crippen molar-refractivity contribution in [3.63, 3.8) is 0 Å². The lowest BCUT2D eigenvalue weighted by Gasteiger charge is -2.33. The van der Waals surface area contributed by atoms with E-state index in [-0.39, 0.29) is 18.8 Å².